The van der Waals surface area contributed by atoms with Gasteiger partial charge >= 0.3 is 6.18 Å². The summed E-state index contributed by atoms with van der Waals surface area (Å²) in [5.41, 5.74) is 7.83. The number of phenolic OH excluding ortho intramolecular Hbond substituents is 1. The van der Waals surface area contributed by atoms with E-state index in [1.807, 2.05) is 0 Å². The van der Waals surface area contributed by atoms with E-state index in [4.69, 9.17) is 5.73 Å². The van der Waals surface area contributed by atoms with Crippen molar-refractivity contribution in [3.63, 3.8) is 0 Å². The van der Waals surface area contributed by atoms with Crippen LogP contribution in [-0.2, 0) is 6.42 Å². The summed E-state index contributed by atoms with van der Waals surface area (Å²) in [4.78, 5) is 12.8. The Bertz CT molecular complexity index is 1250. The van der Waals surface area contributed by atoms with Crippen molar-refractivity contribution in [3.8, 4) is 5.75 Å². The number of halogens is 3. The predicted octanol–water partition coefficient (Wildman–Crippen LogP) is 3.73. The van der Waals surface area contributed by atoms with Crippen molar-refractivity contribution < 1.29 is 18.3 Å². The van der Waals surface area contributed by atoms with Crippen molar-refractivity contribution in [1.29, 1.82) is 0 Å². The fraction of sp³-hybridized carbons (Fsp3) is 0.300. The standard InChI is InChI=1S/C20H17F3N6O/c21-20(22,23)8-13-5-4-10(9-25-13)11-6-12(7-11)17-27-18-14-2-1-3-15(30)16(14)26-19(24)29(18)28-17/h1-5,9,11-12,30H,6-8H2,(H2,24,26). The zero-order valence-corrected chi connectivity index (χ0v) is 15.6. The number of fused-ring (bicyclic) bond motifs is 3. The number of nitrogen functional groups attached to an aromatic ring is 1. The minimum Gasteiger partial charge on any atom is -0.506 e. The van der Waals surface area contributed by atoms with Crippen molar-refractivity contribution in [2.75, 3.05) is 5.73 Å². The highest BCUT2D eigenvalue weighted by atomic mass is 19.4. The summed E-state index contributed by atoms with van der Waals surface area (Å²) in [6.07, 6.45) is -2.22. The van der Waals surface area contributed by atoms with E-state index >= 15 is 0 Å². The van der Waals surface area contributed by atoms with E-state index in [1.54, 1.807) is 18.2 Å². The average molecular weight is 414 g/mol. The lowest BCUT2D eigenvalue weighted by Crippen LogP contribution is -2.21. The lowest BCUT2D eigenvalue weighted by molar-refractivity contribution is -0.127. The van der Waals surface area contributed by atoms with Crippen molar-refractivity contribution in [2.45, 2.75) is 37.3 Å². The Hall–Kier alpha value is -3.43. The van der Waals surface area contributed by atoms with Gasteiger partial charge < -0.3 is 10.8 Å². The summed E-state index contributed by atoms with van der Waals surface area (Å²) in [6, 6.07) is 8.19. The van der Waals surface area contributed by atoms with Crippen LogP contribution in [0.3, 0.4) is 0 Å². The van der Waals surface area contributed by atoms with Crippen LogP contribution in [0.2, 0.25) is 0 Å². The molecular formula is C20H17F3N6O. The van der Waals surface area contributed by atoms with Gasteiger partial charge in [0, 0.05) is 23.2 Å². The number of nitrogens with zero attached hydrogens (tertiary/aromatic N) is 5. The number of anilines is 1. The highest BCUT2D eigenvalue weighted by molar-refractivity contribution is 5.95. The molecule has 10 heteroatoms. The molecular weight excluding hydrogens is 397 g/mol. The zero-order chi connectivity index (χ0) is 21.0. The van der Waals surface area contributed by atoms with Gasteiger partial charge in [0.05, 0.1) is 6.42 Å². The highest BCUT2D eigenvalue weighted by Crippen LogP contribution is 2.46. The van der Waals surface area contributed by atoms with Crippen LogP contribution in [0.4, 0.5) is 19.1 Å². The minimum atomic E-state index is -4.26. The topological polar surface area (TPSA) is 102 Å². The molecule has 3 aromatic heterocycles. The second-order valence-corrected chi connectivity index (χ2v) is 7.59. The molecule has 0 unspecified atom stereocenters. The first kappa shape index (κ1) is 18.6. The van der Waals surface area contributed by atoms with Crippen LogP contribution in [0.15, 0.2) is 36.5 Å². The third kappa shape index (κ3) is 3.17. The minimum absolute atomic E-state index is 0.0160. The number of aromatic hydroxyl groups is 1. The maximum absolute atomic E-state index is 12.5. The Labute approximate surface area is 168 Å². The summed E-state index contributed by atoms with van der Waals surface area (Å²) in [5, 5.41) is 15.2. The number of alkyl halides is 3. The number of hydrogen-bond acceptors (Lipinski definition) is 6. The van der Waals surface area contributed by atoms with Crippen molar-refractivity contribution >= 4 is 22.5 Å². The Morgan fingerprint density at radius 2 is 1.90 bits per heavy atom. The quantitative estimate of drug-likeness (QED) is 0.530. The van der Waals surface area contributed by atoms with Gasteiger partial charge in [0.25, 0.3) is 0 Å². The van der Waals surface area contributed by atoms with Crippen LogP contribution in [0.1, 0.15) is 41.8 Å². The molecule has 1 saturated carbocycles. The van der Waals surface area contributed by atoms with Gasteiger partial charge in [0.1, 0.15) is 11.3 Å². The Balaban J connectivity index is 1.37. The molecule has 0 amide bonds. The molecule has 7 nitrogen and oxygen atoms in total. The van der Waals surface area contributed by atoms with E-state index in [9.17, 15) is 18.3 Å². The molecule has 3 heterocycles. The van der Waals surface area contributed by atoms with Crippen LogP contribution in [0.5, 0.6) is 5.75 Å². The lowest BCUT2D eigenvalue weighted by Gasteiger charge is -2.33. The fourth-order valence-electron chi connectivity index (χ4n) is 3.91. The first-order valence-electron chi connectivity index (χ1n) is 9.44. The van der Waals surface area contributed by atoms with Crippen molar-refractivity contribution in [1.82, 2.24) is 24.6 Å². The van der Waals surface area contributed by atoms with Gasteiger partial charge in [-0.2, -0.15) is 17.7 Å². The monoisotopic (exact) mass is 414 g/mol. The first-order valence-corrected chi connectivity index (χ1v) is 9.44. The van der Waals surface area contributed by atoms with E-state index < -0.39 is 12.6 Å². The molecule has 1 aromatic carbocycles. The number of phenols is 1. The third-order valence-corrected chi connectivity index (χ3v) is 5.53. The van der Waals surface area contributed by atoms with E-state index in [0.717, 1.165) is 18.4 Å². The van der Waals surface area contributed by atoms with E-state index in [0.29, 0.717) is 22.4 Å². The molecule has 154 valence electrons. The average Bonchev–Trinajstić information content (AvgIpc) is 3.08. The molecule has 0 aliphatic heterocycles. The molecule has 0 saturated heterocycles. The van der Waals surface area contributed by atoms with E-state index in [1.165, 1.54) is 22.8 Å². The number of hydrogen-bond donors (Lipinski definition) is 2. The van der Waals surface area contributed by atoms with Crippen LogP contribution >= 0.6 is 0 Å². The number of para-hydroxylation sites is 1. The maximum Gasteiger partial charge on any atom is 0.394 e. The molecule has 5 rings (SSSR count). The Morgan fingerprint density at radius 1 is 1.10 bits per heavy atom. The van der Waals surface area contributed by atoms with Crippen LogP contribution in [-0.4, -0.2) is 35.8 Å². The SMILES string of the molecule is Nc1nc2c(O)cccc2c2nc(C3CC(c4ccc(CC(F)(F)F)nc4)C3)nn12. The van der Waals surface area contributed by atoms with Gasteiger partial charge in [-0.25, -0.2) is 9.97 Å². The van der Waals surface area contributed by atoms with Gasteiger partial charge in [0.15, 0.2) is 11.5 Å². The molecule has 0 bridgehead atoms. The number of pyridine rings is 1. The first-order chi connectivity index (χ1) is 14.3. The molecule has 1 aliphatic carbocycles. The molecule has 30 heavy (non-hydrogen) atoms. The maximum atomic E-state index is 12.5. The van der Waals surface area contributed by atoms with E-state index in [2.05, 4.69) is 20.1 Å². The third-order valence-electron chi connectivity index (χ3n) is 5.53. The molecule has 0 spiro atoms. The summed E-state index contributed by atoms with van der Waals surface area (Å²) < 4.78 is 38.9. The number of rotatable bonds is 3. The highest BCUT2D eigenvalue weighted by Gasteiger charge is 2.35. The fourth-order valence-corrected chi connectivity index (χ4v) is 3.91. The van der Waals surface area contributed by atoms with Gasteiger partial charge in [-0.1, -0.05) is 12.1 Å². The Morgan fingerprint density at radius 3 is 2.60 bits per heavy atom. The summed E-state index contributed by atoms with van der Waals surface area (Å²) in [5.74, 6) is 1.11. The smallest absolute Gasteiger partial charge is 0.394 e. The number of nitrogens with two attached hydrogens (primary N) is 1. The summed E-state index contributed by atoms with van der Waals surface area (Å²) >= 11 is 0. The normalized spacial score (nSPS) is 19.3. The van der Waals surface area contributed by atoms with Crippen molar-refractivity contribution in [3.05, 3.63) is 53.6 Å². The van der Waals surface area contributed by atoms with Crippen molar-refractivity contribution in [2.24, 2.45) is 0 Å². The lowest BCUT2D eigenvalue weighted by atomic mass is 9.71. The molecule has 3 N–H and O–H groups in total. The molecule has 1 fully saturated rings. The van der Waals surface area contributed by atoms with Gasteiger partial charge in [-0.3, -0.25) is 4.98 Å². The number of aromatic nitrogens is 5. The molecule has 0 radical (unpaired) electrons. The number of benzene rings is 1. The van der Waals surface area contributed by atoms with Crippen LogP contribution < -0.4 is 5.73 Å². The zero-order valence-electron chi connectivity index (χ0n) is 15.6. The summed E-state index contributed by atoms with van der Waals surface area (Å²) in [7, 11) is 0. The van der Waals surface area contributed by atoms with Crippen LogP contribution in [0.25, 0.3) is 16.6 Å². The van der Waals surface area contributed by atoms with Gasteiger partial charge in [-0.15, -0.1) is 5.10 Å². The molecule has 4 aromatic rings. The van der Waals surface area contributed by atoms with E-state index in [-0.39, 0.29) is 29.2 Å². The Kier molecular flexibility index (Phi) is 4.05. The predicted molar refractivity (Wildman–Crippen MR) is 103 cm³/mol. The van der Waals surface area contributed by atoms with Gasteiger partial charge in [-0.05, 0) is 42.5 Å². The van der Waals surface area contributed by atoms with Gasteiger partial charge in [0.2, 0.25) is 5.95 Å². The summed E-state index contributed by atoms with van der Waals surface area (Å²) in [6.45, 7) is 0. The largest absolute Gasteiger partial charge is 0.506 e. The molecule has 0 atom stereocenters. The second-order valence-electron chi connectivity index (χ2n) is 7.59. The molecule has 1 aliphatic rings. The van der Waals surface area contributed by atoms with Crippen LogP contribution in [0, 0.1) is 0 Å². The second kappa shape index (κ2) is 6.54.